The Bertz CT molecular complexity index is 779. The molecule has 5 nitrogen and oxygen atoms in total. The first-order valence-corrected chi connectivity index (χ1v) is 7.82. The SMILES string of the molecule is N#Cc1ccc(CN2C(=O)NC(CCc3ccccc3)C2=O)cc1. The summed E-state index contributed by atoms with van der Waals surface area (Å²) in [5, 5.41) is 11.6. The fourth-order valence-corrected chi connectivity index (χ4v) is 2.75. The second-order valence-corrected chi connectivity index (χ2v) is 5.76. The van der Waals surface area contributed by atoms with E-state index in [0.717, 1.165) is 17.5 Å². The lowest BCUT2D eigenvalue weighted by Crippen LogP contribution is -2.31. The molecule has 3 rings (SSSR count). The molecule has 0 saturated carbocycles. The number of imide groups is 1. The molecule has 1 aliphatic heterocycles. The Hall–Kier alpha value is -3.13. The van der Waals surface area contributed by atoms with Crippen LogP contribution in [0.3, 0.4) is 0 Å². The van der Waals surface area contributed by atoms with Gasteiger partial charge in [-0.05, 0) is 36.1 Å². The zero-order valence-corrected chi connectivity index (χ0v) is 13.1. The number of hydrogen-bond donors (Lipinski definition) is 1. The summed E-state index contributed by atoms with van der Waals surface area (Å²) in [7, 11) is 0. The topological polar surface area (TPSA) is 73.2 Å². The van der Waals surface area contributed by atoms with Gasteiger partial charge >= 0.3 is 6.03 Å². The number of nitrogens with one attached hydrogen (secondary N) is 1. The fourth-order valence-electron chi connectivity index (χ4n) is 2.75. The van der Waals surface area contributed by atoms with Crippen molar-refractivity contribution in [1.82, 2.24) is 10.2 Å². The monoisotopic (exact) mass is 319 g/mol. The Balaban J connectivity index is 1.62. The maximum atomic E-state index is 12.5. The van der Waals surface area contributed by atoms with Crippen LogP contribution in [0, 0.1) is 11.3 Å². The summed E-state index contributed by atoms with van der Waals surface area (Å²) in [4.78, 5) is 25.8. The molecule has 3 amide bonds. The summed E-state index contributed by atoms with van der Waals surface area (Å²) in [5.74, 6) is -0.194. The molecular formula is C19H17N3O2. The van der Waals surface area contributed by atoms with Gasteiger partial charge in [0.2, 0.25) is 0 Å². The molecule has 0 spiro atoms. The van der Waals surface area contributed by atoms with E-state index in [1.165, 1.54) is 4.90 Å². The molecule has 0 bridgehead atoms. The molecule has 2 aromatic carbocycles. The van der Waals surface area contributed by atoms with Gasteiger partial charge < -0.3 is 5.32 Å². The Morgan fingerprint density at radius 3 is 2.38 bits per heavy atom. The minimum atomic E-state index is -0.476. The van der Waals surface area contributed by atoms with Crippen LogP contribution in [0.1, 0.15) is 23.1 Å². The second-order valence-electron chi connectivity index (χ2n) is 5.76. The quantitative estimate of drug-likeness (QED) is 0.861. The molecule has 120 valence electrons. The van der Waals surface area contributed by atoms with Gasteiger partial charge in [0, 0.05) is 0 Å². The molecule has 1 unspecified atom stereocenters. The highest BCUT2D eigenvalue weighted by Gasteiger charge is 2.37. The van der Waals surface area contributed by atoms with Crippen molar-refractivity contribution in [3.63, 3.8) is 0 Å². The molecule has 1 fully saturated rings. The Labute approximate surface area is 140 Å². The van der Waals surface area contributed by atoms with Crippen molar-refractivity contribution in [3.05, 3.63) is 71.3 Å². The summed E-state index contributed by atoms with van der Waals surface area (Å²) >= 11 is 0. The predicted octanol–water partition coefficient (Wildman–Crippen LogP) is 2.61. The van der Waals surface area contributed by atoms with Crippen LogP contribution < -0.4 is 5.32 Å². The number of amides is 3. The van der Waals surface area contributed by atoms with E-state index < -0.39 is 6.04 Å². The minimum Gasteiger partial charge on any atom is -0.326 e. The lowest BCUT2D eigenvalue weighted by molar-refractivity contribution is -0.128. The molecule has 0 radical (unpaired) electrons. The van der Waals surface area contributed by atoms with Crippen LogP contribution in [0.25, 0.3) is 0 Å². The van der Waals surface area contributed by atoms with Crippen LogP contribution in [0.4, 0.5) is 4.79 Å². The van der Waals surface area contributed by atoms with Crippen LogP contribution in [-0.2, 0) is 17.8 Å². The van der Waals surface area contributed by atoms with Crippen molar-refractivity contribution < 1.29 is 9.59 Å². The zero-order chi connectivity index (χ0) is 16.9. The number of carbonyl (C=O) groups is 2. The fraction of sp³-hybridized carbons (Fsp3) is 0.211. The molecular weight excluding hydrogens is 302 g/mol. The average Bonchev–Trinajstić information content (AvgIpc) is 2.89. The number of benzene rings is 2. The van der Waals surface area contributed by atoms with Gasteiger partial charge in [0.15, 0.2) is 0 Å². The first-order valence-electron chi connectivity index (χ1n) is 7.82. The number of rotatable bonds is 5. The van der Waals surface area contributed by atoms with Crippen molar-refractivity contribution in [2.75, 3.05) is 0 Å². The van der Waals surface area contributed by atoms with Crippen molar-refractivity contribution in [2.45, 2.75) is 25.4 Å². The Morgan fingerprint density at radius 2 is 1.71 bits per heavy atom. The van der Waals surface area contributed by atoms with Gasteiger partial charge in [-0.2, -0.15) is 5.26 Å². The normalized spacial score (nSPS) is 16.8. The first kappa shape index (κ1) is 15.8. The standard InChI is InChI=1S/C19H17N3O2/c20-12-15-6-8-16(9-7-15)13-22-18(23)17(21-19(22)24)11-10-14-4-2-1-3-5-14/h1-9,17H,10-11,13H2,(H,21,24). The van der Waals surface area contributed by atoms with Crippen molar-refractivity contribution in [1.29, 1.82) is 5.26 Å². The van der Waals surface area contributed by atoms with E-state index in [1.54, 1.807) is 24.3 Å². The number of nitriles is 1. The number of nitrogens with zero attached hydrogens (tertiary/aromatic N) is 2. The third kappa shape index (κ3) is 3.44. The maximum absolute atomic E-state index is 12.5. The van der Waals surface area contributed by atoms with E-state index in [2.05, 4.69) is 5.32 Å². The van der Waals surface area contributed by atoms with Gasteiger partial charge in [-0.25, -0.2) is 4.79 Å². The van der Waals surface area contributed by atoms with Crippen LogP contribution in [0.15, 0.2) is 54.6 Å². The predicted molar refractivity (Wildman–Crippen MR) is 88.8 cm³/mol. The van der Waals surface area contributed by atoms with Crippen LogP contribution in [0.5, 0.6) is 0 Å². The smallest absolute Gasteiger partial charge is 0.325 e. The lowest BCUT2D eigenvalue weighted by atomic mass is 10.1. The van der Waals surface area contributed by atoms with Crippen LogP contribution in [-0.4, -0.2) is 22.9 Å². The van der Waals surface area contributed by atoms with Gasteiger partial charge in [0.1, 0.15) is 6.04 Å². The van der Waals surface area contributed by atoms with E-state index in [1.807, 2.05) is 36.4 Å². The second kappa shape index (κ2) is 6.97. The largest absolute Gasteiger partial charge is 0.326 e. The van der Waals surface area contributed by atoms with E-state index in [-0.39, 0.29) is 18.5 Å². The summed E-state index contributed by atoms with van der Waals surface area (Å²) in [6.45, 7) is 0.220. The third-order valence-corrected chi connectivity index (χ3v) is 4.10. The number of hydrogen-bond acceptors (Lipinski definition) is 3. The number of urea groups is 1. The highest BCUT2D eigenvalue weighted by molar-refractivity contribution is 6.04. The molecule has 5 heteroatoms. The molecule has 0 aliphatic carbocycles. The van der Waals surface area contributed by atoms with Crippen LogP contribution in [0.2, 0.25) is 0 Å². The van der Waals surface area contributed by atoms with Crippen LogP contribution >= 0.6 is 0 Å². The highest BCUT2D eigenvalue weighted by Crippen LogP contribution is 2.16. The summed E-state index contributed by atoms with van der Waals surface area (Å²) in [6.07, 6.45) is 1.32. The van der Waals surface area contributed by atoms with Gasteiger partial charge in [-0.15, -0.1) is 0 Å². The maximum Gasteiger partial charge on any atom is 0.325 e. The minimum absolute atomic E-state index is 0.194. The van der Waals surface area contributed by atoms with E-state index >= 15 is 0 Å². The Kier molecular flexibility index (Phi) is 4.57. The van der Waals surface area contributed by atoms with Crippen molar-refractivity contribution >= 4 is 11.9 Å². The van der Waals surface area contributed by atoms with Gasteiger partial charge in [-0.1, -0.05) is 42.5 Å². The number of aryl methyl sites for hydroxylation is 1. The van der Waals surface area contributed by atoms with Gasteiger partial charge in [-0.3, -0.25) is 9.69 Å². The van der Waals surface area contributed by atoms with Gasteiger partial charge in [0.25, 0.3) is 5.91 Å². The molecule has 1 heterocycles. The Morgan fingerprint density at radius 1 is 1.00 bits per heavy atom. The third-order valence-electron chi connectivity index (χ3n) is 4.10. The van der Waals surface area contributed by atoms with Crippen molar-refractivity contribution in [2.24, 2.45) is 0 Å². The van der Waals surface area contributed by atoms with E-state index in [0.29, 0.717) is 12.0 Å². The van der Waals surface area contributed by atoms with Gasteiger partial charge in [0.05, 0.1) is 18.2 Å². The number of carbonyl (C=O) groups excluding carboxylic acids is 2. The lowest BCUT2D eigenvalue weighted by Gasteiger charge is -2.13. The average molecular weight is 319 g/mol. The summed E-state index contributed by atoms with van der Waals surface area (Å²) in [6, 6.07) is 18.0. The molecule has 1 saturated heterocycles. The highest BCUT2D eigenvalue weighted by atomic mass is 16.2. The molecule has 0 aromatic heterocycles. The molecule has 2 aromatic rings. The first-order chi connectivity index (χ1) is 11.7. The molecule has 1 N–H and O–H groups in total. The van der Waals surface area contributed by atoms with Crippen molar-refractivity contribution in [3.8, 4) is 6.07 Å². The summed E-state index contributed by atoms with van der Waals surface area (Å²) < 4.78 is 0. The summed E-state index contributed by atoms with van der Waals surface area (Å²) in [5.41, 5.74) is 2.52. The van der Waals surface area contributed by atoms with E-state index in [4.69, 9.17) is 5.26 Å². The van der Waals surface area contributed by atoms with E-state index in [9.17, 15) is 9.59 Å². The molecule has 1 aliphatic rings. The zero-order valence-electron chi connectivity index (χ0n) is 13.1. The molecule has 24 heavy (non-hydrogen) atoms. The molecule has 1 atom stereocenters.